The third-order valence-electron chi connectivity index (χ3n) is 5.01. The van der Waals surface area contributed by atoms with Crippen LogP contribution < -0.4 is 0 Å². The highest BCUT2D eigenvalue weighted by Crippen LogP contribution is 2.40. The number of carbonyl (C=O) groups excluding carboxylic acids is 2. The maximum absolute atomic E-state index is 12.3. The fourth-order valence-electron chi connectivity index (χ4n) is 3.67. The first-order valence-electron chi connectivity index (χ1n) is 8.63. The van der Waals surface area contributed by atoms with Crippen molar-refractivity contribution in [2.24, 2.45) is 11.8 Å². The molecular weight excluding hydrogens is 300 g/mol. The zero-order valence-corrected chi connectivity index (χ0v) is 13.8. The van der Waals surface area contributed by atoms with Crippen LogP contribution in [0.5, 0.6) is 0 Å². The van der Waals surface area contributed by atoms with Gasteiger partial charge in [-0.15, -0.1) is 0 Å². The largest absolute Gasteiger partial charge is 0.423 e. The van der Waals surface area contributed by atoms with Crippen molar-refractivity contribution in [1.82, 2.24) is 0 Å². The molecule has 0 aromatic carbocycles. The van der Waals surface area contributed by atoms with E-state index in [4.69, 9.17) is 14.2 Å². The second kappa shape index (κ2) is 6.40. The van der Waals surface area contributed by atoms with Gasteiger partial charge >= 0.3 is 11.9 Å². The first-order valence-corrected chi connectivity index (χ1v) is 8.63. The minimum absolute atomic E-state index is 0.173. The minimum Gasteiger partial charge on any atom is -0.423 e. The van der Waals surface area contributed by atoms with Gasteiger partial charge in [0.1, 0.15) is 0 Å². The number of ether oxygens (including phenoxy) is 3. The van der Waals surface area contributed by atoms with E-state index in [1.54, 1.807) is 13.8 Å². The molecule has 23 heavy (non-hydrogen) atoms. The van der Waals surface area contributed by atoms with Crippen molar-refractivity contribution in [1.29, 1.82) is 0 Å². The molecular formula is C17H26O6. The van der Waals surface area contributed by atoms with Gasteiger partial charge in [-0.1, -0.05) is 6.42 Å². The predicted octanol–water partition coefficient (Wildman–Crippen LogP) is 1.93. The summed E-state index contributed by atoms with van der Waals surface area (Å²) in [4.78, 5) is 24.5. The fraction of sp³-hybridized carbons (Fsp3) is 0.882. The maximum atomic E-state index is 12.3. The molecule has 130 valence electrons. The molecule has 0 amide bonds. The third kappa shape index (κ3) is 4.23. The third-order valence-corrected chi connectivity index (χ3v) is 5.01. The van der Waals surface area contributed by atoms with Crippen LogP contribution in [0.1, 0.15) is 58.8 Å². The topological polar surface area (TPSA) is 85.4 Å². The van der Waals surface area contributed by atoms with E-state index >= 15 is 0 Å². The molecule has 3 rings (SSSR count). The van der Waals surface area contributed by atoms with Crippen LogP contribution in [0.3, 0.4) is 0 Å². The second-order valence-electron chi connectivity index (χ2n) is 7.48. The molecule has 0 aromatic rings. The smallest absolute Gasteiger partial charge is 0.312 e. The van der Waals surface area contributed by atoms with Crippen LogP contribution in [0.25, 0.3) is 0 Å². The Morgan fingerprint density at radius 3 is 2.22 bits per heavy atom. The molecule has 2 aliphatic carbocycles. The van der Waals surface area contributed by atoms with E-state index in [1.165, 1.54) is 0 Å². The number of epoxide rings is 1. The molecule has 2 saturated carbocycles. The number of carbonyl (C=O) groups is 2. The minimum atomic E-state index is -1.28. The molecule has 1 N–H and O–H groups in total. The summed E-state index contributed by atoms with van der Waals surface area (Å²) in [7, 11) is 0. The van der Waals surface area contributed by atoms with Crippen LogP contribution in [0, 0.1) is 11.8 Å². The van der Waals surface area contributed by atoms with Gasteiger partial charge in [0.25, 0.3) is 5.79 Å². The molecule has 3 fully saturated rings. The van der Waals surface area contributed by atoms with E-state index in [1.807, 2.05) is 0 Å². The summed E-state index contributed by atoms with van der Waals surface area (Å²) >= 11 is 0. The van der Waals surface area contributed by atoms with E-state index in [9.17, 15) is 14.7 Å². The molecule has 0 aromatic heterocycles. The number of rotatable bonds is 4. The summed E-state index contributed by atoms with van der Waals surface area (Å²) in [6, 6.07) is 0. The quantitative estimate of drug-likeness (QED) is 0.483. The van der Waals surface area contributed by atoms with Crippen LogP contribution in [-0.4, -0.2) is 41.1 Å². The Hall–Kier alpha value is -1.14. The van der Waals surface area contributed by atoms with Crippen LogP contribution in [-0.2, 0) is 23.8 Å². The Bertz CT molecular complexity index is 452. The molecule has 1 saturated heterocycles. The van der Waals surface area contributed by atoms with Crippen molar-refractivity contribution >= 4 is 11.9 Å². The van der Waals surface area contributed by atoms with Crippen LogP contribution in [0.15, 0.2) is 0 Å². The highest BCUT2D eigenvalue weighted by Gasteiger charge is 2.47. The Morgan fingerprint density at radius 1 is 0.957 bits per heavy atom. The highest BCUT2D eigenvalue weighted by molar-refractivity contribution is 5.75. The van der Waals surface area contributed by atoms with Crippen molar-refractivity contribution in [2.45, 2.75) is 82.9 Å². The fourth-order valence-corrected chi connectivity index (χ4v) is 3.67. The number of hydrogen-bond acceptors (Lipinski definition) is 6. The number of aliphatic hydroxyl groups is 1. The lowest BCUT2D eigenvalue weighted by atomic mass is 9.87. The molecule has 0 radical (unpaired) electrons. The SMILES string of the molecule is CC(C)(OC(=O)C1CCCC(O)C1)OC(=O)C1CCC2OC2C1. The van der Waals surface area contributed by atoms with Crippen molar-refractivity contribution in [3.63, 3.8) is 0 Å². The molecule has 0 bridgehead atoms. The Balaban J connectivity index is 1.49. The van der Waals surface area contributed by atoms with E-state index in [-0.39, 0.29) is 23.9 Å². The molecule has 3 aliphatic rings. The molecule has 6 nitrogen and oxygen atoms in total. The van der Waals surface area contributed by atoms with Gasteiger partial charge in [0, 0.05) is 13.8 Å². The van der Waals surface area contributed by atoms with Crippen LogP contribution in [0.2, 0.25) is 0 Å². The summed E-state index contributed by atoms with van der Waals surface area (Å²) in [6.07, 6.45) is 5.12. The van der Waals surface area contributed by atoms with E-state index in [0.29, 0.717) is 25.4 Å². The normalized spacial score (nSPS) is 36.7. The lowest BCUT2D eigenvalue weighted by molar-refractivity contribution is -0.223. The average molecular weight is 326 g/mol. The van der Waals surface area contributed by atoms with Crippen molar-refractivity contribution in [3.8, 4) is 0 Å². The number of fused-ring (bicyclic) bond motifs is 1. The maximum Gasteiger partial charge on any atom is 0.312 e. The zero-order chi connectivity index (χ0) is 16.6. The summed E-state index contributed by atoms with van der Waals surface area (Å²) in [6.45, 7) is 3.17. The van der Waals surface area contributed by atoms with Crippen molar-refractivity contribution < 1.29 is 28.9 Å². The first kappa shape index (κ1) is 16.7. The lowest BCUT2D eigenvalue weighted by Crippen LogP contribution is -2.39. The molecule has 5 unspecified atom stereocenters. The average Bonchev–Trinajstić information content (AvgIpc) is 3.24. The van der Waals surface area contributed by atoms with Gasteiger partial charge in [0.05, 0.1) is 30.1 Å². The summed E-state index contributed by atoms with van der Waals surface area (Å²) in [5.74, 6) is -2.48. The van der Waals surface area contributed by atoms with E-state index < -0.39 is 17.9 Å². The summed E-state index contributed by atoms with van der Waals surface area (Å²) < 4.78 is 16.3. The van der Waals surface area contributed by atoms with E-state index in [0.717, 1.165) is 25.7 Å². The molecule has 6 heteroatoms. The monoisotopic (exact) mass is 326 g/mol. The highest BCUT2D eigenvalue weighted by atomic mass is 16.7. The van der Waals surface area contributed by atoms with Crippen LogP contribution >= 0.6 is 0 Å². The zero-order valence-electron chi connectivity index (χ0n) is 13.8. The van der Waals surface area contributed by atoms with Gasteiger partial charge in [-0.3, -0.25) is 9.59 Å². The Labute approximate surface area is 136 Å². The molecule has 5 atom stereocenters. The predicted molar refractivity (Wildman–Crippen MR) is 80.2 cm³/mol. The molecule has 1 aliphatic heterocycles. The van der Waals surface area contributed by atoms with Gasteiger partial charge in [0.2, 0.25) is 0 Å². The van der Waals surface area contributed by atoms with Crippen molar-refractivity contribution in [2.75, 3.05) is 0 Å². The van der Waals surface area contributed by atoms with Gasteiger partial charge in [0.15, 0.2) is 0 Å². The Morgan fingerprint density at radius 2 is 1.61 bits per heavy atom. The number of esters is 2. The summed E-state index contributed by atoms with van der Waals surface area (Å²) in [5, 5.41) is 9.67. The van der Waals surface area contributed by atoms with Gasteiger partial charge in [-0.05, 0) is 38.5 Å². The standard InChI is InChI=1S/C17H26O6/c1-17(2,22-15(19)10-4-3-5-12(18)8-10)23-16(20)11-6-7-13-14(9-11)21-13/h10-14,18H,3-9H2,1-2H3. The van der Waals surface area contributed by atoms with E-state index in [2.05, 4.69) is 0 Å². The lowest BCUT2D eigenvalue weighted by Gasteiger charge is -2.31. The summed E-state index contributed by atoms with van der Waals surface area (Å²) in [5.41, 5.74) is 0. The number of aliphatic hydroxyl groups excluding tert-OH is 1. The first-order chi connectivity index (χ1) is 10.8. The molecule has 0 spiro atoms. The molecule has 1 heterocycles. The van der Waals surface area contributed by atoms with Crippen molar-refractivity contribution in [3.05, 3.63) is 0 Å². The Kier molecular flexibility index (Phi) is 4.65. The van der Waals surface area contributed by atoms with Crippen LogP contribution in [0.4, 0.5) is 0 Å². The van der Waals surface area contributed by atoms with Gasteiger partial charge in [-0.2, -0.15) is 0 Å². The second-order valence-corrected chi connectivity index (χ2v) is 7.48. The number of hydrogen-bond donors (Lipinski definition) is 1. The van der Waals surface area contributed by atoms with Gasteiger partial charge < -0.3 is 19.3 Å². The van der Waals surface area contributed by atoms with Gasteiger partial charge in [-0.25, -0.2) is 0 Å².